The summed E-state index contributed by atoms with van der Waals surface area (Å²) in [4.78, 5) is -0.640. The van der Waals surface area contributed by atoms with Gasteiger partial charge in [-0.15, -0.1) is 10.2 Å². The van der Waals surface area contributed by atoms with Crippen LogP contribution in [0.5, 0.6) is 0 Å². The Morgan fingerprint density at radius 3 is 2.67 bits per heavy atom. The van der Waals surface area contributed by atoms with Gasteiger partial charge in [-0.25, -0.2) is 17.2 Å². The van der Waals surface area contributed by atoms with Crippen molar-refractivity contribution in [1.29, 1.82) is 0 Å². The van der Waals surface area contributed by atoms with Crippen molar-refractivity contribution in [2.24, 2.45) is 0 Å². The first-order valence-electron chi connectivity index (χ1n) is 7.68. The molecule has 2 aromatic carbocycles. The Morgan fingerprint density at radius 1 is 1.00 bits per heavy atom. The summed E-state index contributed by atoms with van der Waals surface area (Å²) in [6.45, 7) is 0. The van der Waals surface area contributed by atoms with E-state index < -0.39 is 26.6 Å². The van der Waals surface area contributed by atoms with Gasteiger partial charge in [-0.1, -0.05) is 12.1 Å². The molecule has 0 atom stereocenters. The van der Waals surface area contributed by atoms with E-state index >= 15 is 0 Å². The highest BCUT2D eigenvalue weighted by Gasteiger charge is 2.20. The lowest BCUT2D eigenvalue weighted by Gasteiger charge is -2.10. The summed E-state index contributed by atoms with van der Waals surface area (Å²) in [5.74, 6) is -2.03. The number of halogens is 2. The Hall–Kier alpha value is -3.40. The van der Waals surface area contributed by atoms with Crippen LogP contribution in [-0.4, -0.2) is 28.2 Å². The summed E-state index contributed by atoms with van der Waals surface area (Å²) >= 11 is 0. The van der Waals surface area contributed by atoms with Crippen LogP contribution in [0.1, 0.15) is 0 Å². The molecule has 0 saturated carbocycles. The molecule has 10 heteroatoms. The molecule has 0 radical (unpaired) electrons. The number of anilines is 1. The second-order valence-electron chi connectivity index (χ2n) is 5.61. The van der Waals surface area contributed by atoms with E-state index in [4.69, 9.17) is 0 Å². The number of fused-ring (bicyclic) bond motifs is 1. The lowest BCUT2D eigenvalue weighted by atomic mass is 10.1. The highest BCUT2D eigenvalue weighted by Crippen LogP contribution is 2.24. The van der Waals surface area contributed by atoms with E-state index in [0.29, 0.717) is 23.0 Å². The van der Waals surface area contributed by atoms with Gasteiger partial charge in [-0.2, -0.15) is 9.61 Å². The zero-order chi connectivity index (χ0) is 19.0. The Bertz CT molecular complexity index is 1260. The van der Waals surface area contributed by atoms with Gasteiger partial charge in [0, 0.05) is 17.3 Å². The van der Waals surface area contributed by atoms with Crippen LogP contribution in [0.25, 0.3) is 16.9 Å². The quantitative estimate of drug-likeness (QED) is 0.582. The molecule has 2 aromatic heterocycles. The minimum Gasteiger partial charge on any atom is -0.280 e. The number of nitrogens with one attached hydrogen (secondary N) is 1. The van der Waals surface area contributed by atoms with Gasteiger partial charge in [0.1, 0.15) is 22.9 Å². The van der Waals surface area contributed by atoms with Crippen molar-refractivity contribution >= 4 is 21.4 Å². The SMILES string of the molecule is O=S(=O)(Nc1cccc(-c2ccc3nncn3n2)c1)c1ccc(F)cc1F. The Labute approximate surface area is 152 Å². The van der Waals surface area contributed by atoms with E-state index in [1.54, 1.807) is 30.3 Å². The summed E-state index contributed by atoms with van der Waals surface area (Å²) in [6, 6.07) is 12.2. The molecule has 2 heterocycles. The van der Waals surface area contributed by atoms with Crippen LogP contribution in [0.15, 0.2) is 65.8 Å². The molecule has 136 valence electrons. The van der Waals surface area contributed by atoms with Crippen molar-refractivity contribution < 1.29 is 17.2 Å². The third-order valence-corrected chi connectivity index (χ3v) is 5.17. The van der Waals surface area contributed by atoms with Gasteiger partial charge in [0.2, 0.25) is 0 Å². The first-order valence-corrected chi connectivity index (χ1v) is 9.16. The fourth-order valence-electron chi connectivity index (χ4n) is 2.53. The van der Waals surface area contributed by atoms with Crippen molar-refractivity contribution in [2.75, 3.05) is 4.72 Å². The maximum absolute atomic E-state index is 13.8. The van der Waals surface area contributed by atoms with Crippen molar-refractivity contribution in [3.8, 4) is 11.3 Å². The predicted molar refractivity (Wildman–Crippen MR) is 93.4 cm³/mol. The summed E-state index contributed by atoms with van der Waals surface area (Å²) < 4.78 is 55.4. The van der Waals surface area contributed by atoms with Crippen LogP contribution in [0.2, 0.25) is 0 Å². The fraction of sp³-hybridized carbons (Fsp3) is 0. The summed E-state index contributed by atoms with van der Waals surface area (Å²) in [5.41, 5.74) is 1.98. The average Bonchev–Trinajstić information content (AvgIpc) is 3.09. The Balaban J connectivity index is 1.68. The third-order valence-electron chi connectivity index (χ3n) is 3.76. The molecular formula is C17H11F2N5O2S. The number of hydrogen-bond donors (Lipinski definition) is 1. The monoisotopic (exact) mass is 387 g/mol. The molecule has 0 fully saturated rings. The van der Waals surface area contributed by atoms with Crippen LogP contribution >= 0.6 is 0 Å². The van der Waals surface area contributed by atoms with Gasteiger partial charge in [-0.3, -0.25) is 4.72 Å². The van der Waals surface area contributed by atoms with E-state index in [0.717, 1.165) is 12.1 Å². The minimum absolute atomic E-state index is 0.210. The smallest absolute Gasteiger partial charge is 0.264 e. The first-order chi connectivity index (χ1) is 12.9. The molecule has 0 spiro atoms. The van der Waals surface area contributed by atoms with E-state index in [9.17, 15) is 17.2 Å². The average molecular weight is 387 g/mol. The van der Waals surface area contributed by atoms with Gasteiger partial charge in [0.05, 0.1) is 5.69 Å². The summed E-state index contributed by atoms with van der Waals surface area (Å²) in [7, 11) is -4.22. The topological polar surface area (TPSA) is 89.2 Å². The van der Waals surface area contributed by atoms with Crippen molar-refractivity contribution in [3.63, 3.8) is 0 Å². The highest BCUT2D eigenvalue weighted by molar-refractivity contribution is 7.92. The largest absolute Gasteiger partial charge is 0.280 e. The Kier molecular flexibility index (Phi) is 4.04. The van der Waals surface area contributed by atoms with Crippen LogP contribution in [-0.2, 0) is 10.0 Å². The van der Waals surface area contributed by atoms with Crippen LogP contribution in [0, 0.1) is 11.6 Å². The van der Waals surface area contributed by atoms with Crippen LogP contribution < -0.4 is 4.72 Å². The van der Waals surface area contributed by atoms with Crippen molar-refractivity contribution in [2.45, 2.75) is 4.90 Å². The zero-order valence-corrected chi connectivity index (χ0v) is 14.4. The minimum atomic E-state index is -4.22. The maximum atomic E-state index is 13.8. The van der Waals surface area contributed by atoms with E-state index in [1.165, 1.54) is 16.9 Å². The molecule has 27 heavy (non-hydrogen) atoms. The maximum Gasteiger partial charge on any atom is 0.264 e. The second-order valence-corrected chi connectivity index (χ2v) is 7.26. The van der Waals surface area contributed by atoms with Crippen molar-refractivity contribution in [3.05, 3.63) is 72.6 Å². The predicted octanol–water partition coefficient (Wildman–Crippen LogP) is 2.87. The number of rotatable bonds is 4. The van der Waals surface area contributed by atoms with E-state index in [-0.39, 0.29) is 5.69 Å². The summed E-state index contributed by atoms with van der Waals surface area (Å²) in [5, 5.41) is 11.9. The number of nitrogens with zero attached hydrogens (tertiary/aromatic N) is 4. The molecule has 4 aromatic rings. The van der Waals surface area contributed by atoms with Crippen LogP contribution in [0.4, 0.5) is 14.5 Å². The molecule has 0 aliphatic carbocycles. The molecule has 0 bridgehead atoms. The van der Waals surface area contributed by atoms with Gasteiger partial charge in [0.25, 0.3) is 10.0 Å². The zero-order valence-electron chi connectivity index (χ0n) is 13.5. The van der Waals surface area contributed by atoms with E-state index in [1.807, 2.05) is 0 Å². The molecule has 0 unspecified atom stereocenters. The number of aromatic nitrogens is 4. The number of benzene rings is 2. The van der Waals surface area contributed by atoms with Gasteiger partial charge >= 0.3 is 0 Å². The van der Waals surface area contributed by atoms with E-state index in [2.05, 4.69) is 20.0 Å². The van der Waals surface area contributed by atoms with Gasteiger partial charge in [-0.05, 0) is 36.4 Å². The fourth-order valence-corrected chi connectivity index (χ4v) is 3.64. The molecular weight excluding hydrogens is 376 g/mol. The second kappa shape index (κ2) is 6.40. The number of hydrogen-bond acceptors (Lipinski definition) is 5. The number of sulfonamides is 1. The Morgan fingerprint density at radius 2 is 1.85 bits per heavy atom. The lowest BCUT2D eigenvalue weighted by molar-refractivity contribution is 0.551. The molecule has 0 aliphatic heterocycles. The lowest BCUT2D eigenvalue weighted by Crippen LogP contribution is -2.14. The molecule has 0 saturated heterocycles. The van der Waals surface area contributed by atoms with Gasteiger partial charge in [0.15, 0.2) is 5.65 Å². The first kappa shape index (κ1) is 17.0. The standard InChI is InChI=1S/C17H11F2N5O2S/c18-12-4-6-16(14(19)9-12)27(25,26)23-13-3-1-2-11(8-13)15-5-7-17-21-20-10-24(17)22-15/h1-10,23H. The highest BCUT2D eigenvalue weighted by atomic mass is 32.2. The van der Waals surface area contributed by atoms with Gasteiger partial charge < -0.3 is 0 Å². The van der Waals surface area contributed by atoms with Crippen molar-refractivity contribution in [1.82, 2.24) is 19.8 Å². The normalized spacial score (nSPS) is 11.6. The van der Waals surface area contributed by atoms with Crippen LogP contribution in [0.3, 0.4) is 0 Å². The molecule has 0 aliphatic rings. The molecule has 7 nitrogen and oxygen atoms in total. The third kappa shape index (κ3) is 3.34. The molecule has 1 N–H and O–H groups in total. The molecule has 4 rings (SSSR count). The molecule has 0 amide bonds. The summed E-state index contributed by atoms with van der Waals surface area (Å²) in [6.07, 6.45) is 1.45.